The highest BCUT2D eigenvalue weighted by Gasteiger charge is 2.40. The third-order valence-corrected chi connectivity index (χ3v) is 17.3. The first-order chi connectivity index (χ1) is 42.2. The molecule has 0 aliphatic carbocycles. The number of alkyl carbamates (subject to hydrolysis) is 2. The lowest BCUT2D eigenvalue weighted by atomic mass is 10.0. The van der Waals surface area contributed by atoms with Crippen LogP contribution in [0.15, 0.2) is 122 Å². The van der Waals surface area contributed by atoms with Gasteiger partial charge in [-0.25, -0.2) is 29.5 Å². The number of hydrogen-bond acceptors (Lipinski definition) is 12. The number of methoxy groups -OCH3 is 1. The van der Waals surface area contributed by atoms with E-state index in [1.165, 1.54) is 7.11 Å². The first-order valence-corrected chi connectivity index (χ1v) is 30.7. The number of aromatic nitrogens is 8. The summed E-state index contributed by atoms with van der Waals surface area (Å²) in [4.78, 5) is 90.2. The first kappa shape index (κ1) is 59.8. The Morgan fingerprint density at radius 2 is 0.943 bits per heavy atom. The Balaban J connectivity index is 0.659. The number of aromatic amines is 4. The van der Waals surface area contributed by atoms with E-state index >= 15 is 0 Å². The summed E-state index contributed by atoms with van der Waals surface area (Å²) in [5.41, 5.74) is 11.9. The number of imidazole rings is 4. The number of benzene rings is 4. The van der Waals surface area contributed by atoms with Crippen LogP contribution in [-0.2, 0) is 19.1 Å². The molecule has 87 heavy (non-hydrogen) atoms. The normalized spacial score (nSPS) is 18.7. The summed E-state index contributed by atoms with van der Waals surface area (Å²) in [5, 5.41) is 12.7. The number of amides is 4. The predicted octanol–water partition coefficient (Wildman–Crippen LogP) is 11.5. The Kier molecular flexibility index (Phi) is 18.4. The van der Waals surface area contributed by atoms with Crippen molar-refractivity contribution >= 4 is 24.0 Å². The largest absolute Gasteiger partial charge is 0.453 e. The SMILES string of the molecule is CCCN[C@@H](C)c1ncc(-c2ccc(-c3ccc(-c4cnc([C@@H]5NCCC5COC(=O)NC(C(=O)N5CCC[C@@H]5c5ncc(-c6ccc(-c7ccc(-c8cnc([C@@H]9CCCN9C(=O)C(NC(=O)OC)C(C)C)[nH]8)cc7)cc6)[nH]5)C(C)C)[nH]4)cc3)cc2)[nH]1. The fourth-order valence-electron chi connectivity index (χ4n) is 12.3. The molecule has 0 saturated carbocycles. The molecular weight excluding hydrogens is 1100 g/mol. The molecule has 3 unspecified atom stereocenters. The average molecular weight is 1180 g/mol. The highest BCUT2D eigenvalue weighted by atomic mass is 16.5. The fourth-order valence-corrected chi connectivity index (χ4v) is 12.3. The summed E-state index contributed by atoms with van der Waals surface area (Å²) < 4.78 is 10.7. The standard InChI is InChI=1S/C67H80N14O6/c1-8-30-68-41(6)60-70-34-51(74-60)46-21-13-42(14-22-46)45-19-27-49(28-20-45)54-37-73-63(77-54)59-50(29-31-69-59)38-87-67(85)79-58(40(4)5)65(83)81-33-10-12-56(81)62-72-36-53(76-62)48-25-17-44(18-26-48)43-15-23-47(24-16-43)52-35-71-61(75-52)55-11-9-32-80(55)64(82)57(39(2)3)78-66(84)86-7/h13-28,34-37,39-41,50,55-59,68-69H,8-12,29-33,38H2,1-7H3,(H,70,74)(H,71,75)(H,72,76)(H,73,77)(H,78,84)(H,79,85)/t41-,50?,55-,56+,57?,58?,59+/m0/s1. The highest BCUT2D eigenvalue weighted by molar-refractivity contribution is 5.87. The summed E-state index contributed by atoms with van der Waals surface area (Å²) in [6.07, 6.45) is 11.1. The van der Waals surface area contributed by atoms with Gasteiger partial charge in [-0.15, -0.1) is 0 Å². The van der Waals surface area contributed by atoms with Gasteiger partial charge >= 0.3 is 12.2 Å². The van der Waals surface area contributed by atoms with Crippen LogP contribution in [0.2, 0.25) is 0 Å². The van der Waals surface area contributed by atoms with Crippen LogP contribution in [0.4, 0.5) is 9.59 Å². The number of likely N-dealkylation sites (tertiary alicyclic amines) is 2. The molecule has 0 bridgehead atoms. The fraction of sp³-hybridized carbons (Fsp3) is 0.403. The summed E-state index contributed by atoms with van der Waals surface area (Å²) in [6.45, 7) is 14.9. The van der Waals surface area contributed by atoms with Gasteiger partial charge in [0, 0.05) is 19.0 Å². The number of carbonyl (C=O) groups excluding carboxylic acids is 4. The van der Waals surface area contributed by atoms with Crippen molar-refractivity contribution in [3.8, 4) is 67.3 Å². The van der Waals surface area contributed by atoms with E-state index in [1.807, 2.05) is 56.1 Å². The van der Waals surface area contributed by atoms with E-state index < -0.39 is 24.3 Å². The number of carbonyl (C=O) groups is 4. The van der Waals surface area contributed by atoms with E-state index in [4.69, 9.17) is 24.4 Å². The molecule has 0 spiro atoms. The maximum Gasteiger partial charge on any atom is 0.407 e. The minimum Gasteiger partial charge on any atom is -0.453 e. The molecule has 4 aromatic carbocycles. The molecule has 3 aliphatic heterocycles. The molecule has 20 heteroatoms. The Hall–Kier alpha value is -8.88. The average Bonchev–Trinajstić information content (AvgIpc) is 4.37. The van der Waals surface area contributed by atoms with Gasteiger partial charge in [0.05, 0.1) is 85.4 Å². The highest BCUT2D eigenvalue weighted by Crippen LogP contribution is 2.37. The van der Waals surface area contributed by atoms with Crippen molar-refractivity contribution < 1.29 is 28.7 Å². The zero-order valence-corrected chi connectivity index (χ0v) is 50.7. The van der Waals surface area contributed by atoms with Crippen LogP contribution in [0.25, 0.3) is 67.3 Å². The van der Waals surface area contributed by atoms with E-state index in [9.17, 15) is 19.2 Å². The Morgan fingerprint density at radius 3 is 1.38 bits per heavy atom. The summed E-state index contributed by atoms with van der Waals surface area (Å²) in [6, 6.07) is 31.5. The van der Waals surface area contributed by atoms with Crippen LogP contribution in [0, 0.1) is 17.8 Å². The van der Waals surface area contributed by atoms with Gasteiger partial charge in [0.25, 0.3) is 0 Å². The van der Waals surface area contributed by atoms with Crippen LogP contribution in [0.5, 0.6) is 0 Å². The monoisotopic (exact) mass is 1180 g/mol. The van der Waals surface area contributed by atoms with Crippen molar-refractivity contribution in [3.05, 3.63) is 145 Å². The molecule has 3 saturated heterocycles. The molecular formula is C67H80N14O6. The number of rotatable bonds is 21. The van der Waals surface area contributed by atoms with Crippen LogP contribution in [-0.4, -0.2) is 126 Å². The van der Waals surface area contributed by atoms with Gasteiger partial charge in [-0.2, -0.15) is 0 Å². The number of nitrogens with zero attached hydrogens (tertiary/aromatic N) is 6. The van der Waals surface area contributed by atoms with Gasteiger partial charge in [-0.05, 0) is 115 Å². The maximum absolute atomic E-state index is 14.4. The summed E-state index contributed by atoms with van der Waals surface area (Å²) >= 11 is 0. The lowest BCUT2D eigenvalue weighted by Crippen LogP contribution is -2.51. The number of ether oxygens (including phenoxy) is 2. The third-order valence-electron chi connectivity index (χ3n) is 17.3. The molecule has 20 nitrogen and oxygen atoms in total. The van der Waals surface area contributed by atoms with Crippen molar-refractivity contribution in [2.45, 2.75) is 116 Å². The second-order valence-electron chi connectivity index (χ2n) is 23.9. The van der Waals surface area contributed by atoms with Crippen molar-refractivity contribution in [2.24, 2.45) is 17.8 Å². The Morgan fingerprint density at radius 1 is 0.540 bits per heavy atom. The smallest absolute Gasteiger partial charge is 0.407 e. The van der Waals surface area contributed by atoms with Crippen LogP contribution in [0.1, 0.15) is 128 Å². The van der Waals surface area contributed by atoms with Gasteiger partial charge in [-0.3, -0.25) is 9.59 Å². The van der Waals surface area contributed by atoms with Gasteiger partial charge < -0.3 is 60.5 Å². The minimum absolute atomic E-state index is 0.0227. The molecule has 3 fully saturated rings. The minimum atomic E-state index is -0.790. The van der Waals surface area contributed by atoms with E-state index in [-0.39, 0.29) is 60.3 Å². The van der Waals surface area contributed by atoms with Gasteiger partial charge in [-0.1, -0.05) is 132 Å². The quantitative estimate of drug-likeness (QED) is 0.0334. The zero-order chi connectivity index (χ0) is 60.7. The van der Waals surface area contributed by atoms with Crippen molar-refractivity contribution in [2.75, 3.05) is 39.9 Å². The van der Waals surface area contributed by atoms with Crippen molar-refractivity contribution in [1.29, 1.82) is 0 Å². The number of hydrogen-bond donors (Lipinski definition) is 8. The summed E-state index contributed by atoms with van der Waals surface area (Å²) in [5.74, 6) is 2.49. The number of nitrogens with one attached hydrogen (secondary N) is 8. The molecule has 3 aliphatic rings. The van der Waals surface area contributed by atoms with Gasteiger partial charge in [0.15, 0.2) is 0 Å². The first-order valence-electron chi connectivity index (χ1n) is 30.7. The topological polar surface area (TPSA) is 256 Å². The Labute approximate surface area is 507 Å². The molecule has 7 heterocycles. The molecule has 11 rings (SSSR count). The number of H-pyrrole nitrogens is 4. The van der Waals surface area contributed by atoms with Crippen molar-refractivity contribution in [3.63, 3.8) is 0 Å². The van der Waals surface area contributed by atoms with Crippen LogP contribution < -0.4 is 21.3 Å². The molecule has 8 N–H and O–H groups in total. The lowest BCUT2D eigenvalue weighted by Gasteiger charge is -2.30. The van der Waals surface area contributed by atoms with E-state index in [0.717, 1.165) is 131 Å². The summed E-state index contributed by atoms with van der Waals surface area (Å²) in [7, 11) is 1.29. The maximum atomic E-state index is 14.4. The van der Waals surface area contributed by atoms with Crippen LogP contribution in [0.3, 0.4) is 0 Å². The Bertz CT molecular complexity index is 3620. The van der Waals surface area contributed by atoms with E-state index in [2.05, 4.69) is 157 Å². The second kappa shape index (κ2) is 26.8. The van der Waals surface area contributed by atoms with Crippen molar-refractivity contribution in [1.82, 2.24) is 70.9 Å². The molecule has 454 valence electrons. The molecule has 8 aromatic rings. The third kappa shape index (κ3) is 13.4. The van der Waals surface area contributed by atoms with Gasteiger partial charge in [0.1, 0.15) is 35.4 Å². The lowest BCUT2D eigenvalue weighted by molar-refractivity contribution is -0.136. The van der Waals surface area contributed by atoms with Crippen LogP contribution >= 0.6 is 0 Å². The van der Waals surface area contributed by atoms with E-state index in [1.54, 1.807) is 6.20 Å². The molecule has 7 atom stereocenters. The van der Waals surface area contributed by atoms with E-state index in [0.29, 0.717) is 24.7 Å². The predicted molar refractivity (Wildman–Crippen MR) is 334 cm³/mol. The molecule has 4 aromatic heterocycles. The molecule has 0 radical (unpaired) electrons. The zero-order valence-electron chi connectivity index (χ0n) is 50.7. The molecule has 4 amide bonds. The second-order valence-corrected chi connectivity index (χ2v) is 23.9. The van der Waals surface area contributed by atoms with Gasteiger partial charge in [0.2, 0.25) is 11.8 Å².